The fourth-order valence-corrected chi connectivity index (χ4v) is 3.12. The summed E-state index contributed by atoms with van der Waals surface area (Å²) in [6.07, 6.45) is 2.04. The van der Waals surface area contributed by atoms with E-state index in [0.717, 1.165) is 17.5 Å². The minimum absolute atomic E-state index is 0.0895. The average molecular weight is 287 g/mol. The molecule has 0 heterocycles. The van der Waals surface area contributed by atoms with Gasteiger partial charge in [-0.25, -0.2) is 12.8 Å². The molecular formula is C14H22FNO2S. The zero-order valence-electron chi connectivity index (χ0n) is 12.0. The van der Waals surface area contributed by atoms with Crippen LogP contribution < -0.4 is 5.32 Å². The number of sulfone groups is 1. The number of hydrogen-bond donors (Lipinski definition) is 1. The van der Waals surface area contributed by atoms with Gasteiger partial charge < -0.3 is 5.32 Å². The molecule has 108 valence electrons. The van der Waals surface area contributed by atoms with E-state index in [2.05, 4.69) is 5.32 Å². The maximum Gasteiger partial charge on any atom is 0.149 e. The molecule has 0 radical (unpaired) electrons. The van der Waals surface area contributed by atoms with Crippen LogP contribution in [0.15, 0.2) is 12.1 Å². The van der Waals surface area contributed by atoms with Crippen LogP contribution in [0.2, 0.25) is 0 Å². The van der Waals surface area contributed by atoms with Gasteiger partial charge in [0.1, 0.15) is 15.7 Å². The van der Waals surface area contributed by atoms with Crippen molar-refractivity contribution >= 4 is 9.84 Å². The van der Waals surface area contributed by atoms with E-state index in [1.165, 1.54) is 12.3 Å². The Morgan fingerprint density at radius 2 is 1.95 bits per heavy atom. The van der Waals surface area contributed by atoms with Crippen LogP contribution in [0.3, 0.4) is 0 Å². The third-order valence-corrected chi connectivity index (χ3v) is 3.88. The first-order valence-corrected chi connectivity index (χ1v) is 8.48. The summed E-state index contributed by atoms with van der Waals surface area (Å²) in [5.41, 5.74) is 2.09. The van der Waals surface area contributed by atoms with Gasteiger partial charge in [0.15, 0.2) is 0 Å². The second-order valence-electron chi connectivity index (χ2n) is 5.08. The lowest BCUT2D eigenvalue weighted by Gasteiger charge is -2.21. The highest BCUT2D eigenvalue weighted by Crippen LogP contribution is 2.24. The minimum Gasteiger partial charge on any atom is -0.309 e. The Morgan fingerprint density at radius 3 is 2.42 bits per heavy atom. The SMILES string of the molecule is CCCNC(CS(C)(=O)=O)c1c(C)cc(C)cc1F. The van der Waals surface area contributed by atoms with Crippen molar-refractivity contribution in [3.05, 3.63) is 34.6 Å². The molecule has 0 aliphatic carbocycles. The Balaban J connectivity index is 3.17. The van der Waals surface area contributed by atoms with Crippen molar-refractivity contribution in [3.63, 3.8) is 0 Å². The fraction of sp³-hybridized carbons (Fsp3) is 0.571. The summed E-state index contributed by atoms with van der Waals surface area (Å²) >= 11 is 0. The van der Waals surface area contributed by atoms with Crippen LogP contribution in [0.5, 0.6) is 0 Å². The highest BCUT2D eigenvalue weighted by Gasteiger charge is 2.22. The highest BCUT2D eigenvalue weighted by atomic mass is 32.2. The van der Waals surface area contributed by atoms with Crippen LogP contribution in [0.4, 0.5) is 4.39 Å². The number of benzene rings is 1. The summed E-state index contributed by atoms with van der Waals surface area (Å²) in [5.74, 6) is -0.428. The van der Waals surface area contributed by atoms with Gasteiger partial charge in [0.05, 0.1) is 5.75 Å². The molecule has 1 aromatic rings. The number of halogens is 1. The Morgan fingerprint density at radius 1 is 1.32 bits per heavy atom. The van der Waals surface area contributed by atoms with Crippen LogP contribution >= 0.6 is 0 Å². The minimum atomic E-state index is -3.17. The van der Waals surface area contributed by atoms with Crippen molar-refractivity contribution in [2.24, 2.45) is 0 Å². The molecule has 1 N–H and O–H groups in total. The maximum atomic E-state index is 14.1. The zero-order valence-corrected chi connectivity index (χ0v) is 12.8. The van der Waals surface area contributed by atoms with Gasteiger partial charge in [0, 0.05) is 17.9 Å². The van der Waals surface area contributed by atoms with E-state index in [1.54, 1.807) is 0 Å². The van der Waals surface area contributed by atoms with Crippen molar-refractivity contribution in [2.45, 2.75) is 33.2 Å². The van der Waals surface area contributed by atoms with Gasteiger partial charge in [-0.2, -0.15) is 0 Å². The molecule has 5 heteroatoms. The lowest BCUT2D eigenvalue weighted by atomic mass is 9.99. The van der Waals surface area contributed by atoms with Crippen molar-refractivity contribution in [2.75, 3.05) is 18.6 Å². The first-order valence-electron chi connectivity index (χ1n) is 6.42. The predicted molar refractivity (Wildman–Crippen MR) is 76.6 cm³/mol. The molecule has 1 unspecified atom stereocenters. The third kappa shape index (κ3) is 4.91. The van der Waals surface area contributed by atoms with Crippen molar-refractivity contribution in [1.29, 1.82) is 0 Å². The van der Waals surface area contributed by atoms with Crippen molar-refractivity contribution in [1.82, 2.24) is 5.32 Å². The molecule has 0 aliphatic heterocycles. The van der Waals surface area contributed by atoms with Crippen LogP contribution in [0, 0.1) is 19.7 Å². The summed E-state index contributed by atoms with van der Waals surface area (Å²) < 4.78 is 37.1. The quantitative estimate of drug-likeness (QED) is 0.874. The van der Waals surface area contributed by atoms with Crippen LogP contribution in [-0.4, -0.2) is 27.0 Å². The molecule has 1 rings (SSSR count). The Bertz CT molecular complexity index is 517. The molecule has 0 amide bonds. The van der Waals surface area contributed by atoms with Gasteiger partial charge in [0.2, 0.25) is 0 Å². The zero-order chi connectivity index (χ0) is 14.6. The second kappa shape index (κ2) is 6.48. The van der Waals surface area contributed by atoms with Gasteiger partial charge in [-0.15, -0.1) is 0 Å². The summed E-state index contributed by atoms with van der Waals surface area (Å²) in [7, 11) is -3.17. The van der Waals surface area contributed by atoms with Gasteiger partial charge in [0.25, 0.3) is 0 Å². The van der Waals surface area contributed by atoms with Gasteiger partial charge in [-0.3, -0.25) is 0 Å². The van der Waals surface area contributed by atoms with E-state index >= 15 is 0 Å². The lowest BCUT2D eigenvalue weighted by Crippen LogP contribution is -2.30. The first kappa shape index (κ1) is 16.1. The molecule has 0 spiro atoms. The summed E-state index contributed by atoms with van der Waals surface area (Å²) in [4.78, 5) is 0. The largest absolute Gasteiger partial charge is 0.309 e. The number of aryl methyl sites for hydroxylation is 2. The summed E-state index contributed by atoms with van der Waals surface area (Å²) in [6.45, 7) is 6.29. The summed E-state index contributed by atoms with van der Waals surface area (Å²) in [6, 6.07) is 2.84. The van der Waals surface area contributed by atoms with E-state index in [-0.39, 0.29) is 11.6 Å². The number of nitrogens with one attached hydrogen (secondary N) is 1. The van der Waals surface area contributed by atoms with Gasteiger partial charge in [-0.05, 0) is 44.0 Å². The predicted octanol–water partition coefficient (Wildman–Crippen LogP) is 2.53. The molecule has 1 atom stereocenters. The molecule has 0 aliphatic rings. The molecule has 3 nitrogen and oxygen atoms in total. The van der Waals surface area contributed by atoms with E-state index in [9.17, 15) is 12.8 Å². The Kier molecular flexibility index (Phi) is 5.50. The van der Waals surface area contributed by atoms with E-state index in [1.807, 2.05) is 26.8 Å². The van der Waals surface area contributed by atoms with E-state index < -0.39 is 15.9 Å². The second-order valence-corrected chi connectivity index (χ2v) is 7.26. The maximum absolute atomic E-state index is 14.1. The van der Waals surface area contributed by atoms with Crippen LogP contribution in [-0.2, 0) is 9.84 Å². The van der Waals surface area contributed by atoms with Gasteiger partial charge in [-0.1, -0.05) is 13.0 Å². The van der Waals surface area contributed by atoms with E-state index in [0.29, 0.717) is 12.1 Å². The molecule has 0 fully saturated rings. The molecule has 0 bridgehead atoms. The highest BCUT2D eigenvalue weighted by molar-refractivity contribution is 7.90. The third-order valence-electron chi connectivity index (χ3n) is 2.94. The van der Waals surface area contributed by atoms with Crippen LogP contribution in [0.25, 0.3) is 0 Å². The van der Waals surface area contributed by atoms with Crippen LogP contribution in [0.1, 0.15) is 36.1 Å². The topological polar surface area (TPSA) is 46.2 Å². The summed E-state index contributed by atoms with van der Waals surface area (Å²) in [5, 5.41) is 3.12. The number of rotatable bonds is 6. The average Bonchev–Trinajstić information content (AvgIpc) is 2.22. The van der Waals surface area contributed by atoms with E-state index in [4.69, 9.17) is 0 Å². The van der Waals surface area contributed by atoms with Crippen molar-refractivity contribution in [3.8, 4) is 0 Å². The first-order chi connectivity index (χ1) is 8.74. The van der Waals surface area contributed by atoms with Gasteiger partial charge >= 0.3 is 0 Å². The Labute approximate surface area is 115 Å². The van der Waals surface area contributed by atoms with Crippen molar-refractivity contribution < 1.29 is 12.8 Å². The molecule has 0 saturated heterocycles. The smallest absolute Gasteiger partial charge is 0.149 e. The monoisotopic (exact) mass is 287 g/mol. The number of hydrogen-bond acceptors (Lipinski definition) is 3. The fourth-order valence-electron chi connectivity index (χ4n) is 2.23. The normalized spacial score (nSPS) is 13.5. The molecule has 0 saturated carbocycles. The molecular weight excluding hydrogens is 265 g/mol. The molecule has 0 aromatic heterocycles. The Hall–Kier alpha value is -0.940. The molecule has 19 heavy (non-hydrogen) atoms. The lowest BCUT2D eigenvalue weighted by molar-refractivity contribution is 0.517. The molecule has 1 aromatic carbocycles. The standard InChI is InChI=1S/C14H22FNO2S/c1-5-6-16-13(9-19(4,17)18)14-11(3)7-10(2)8-12(14)15/h7-8,13,16H,5-6,9H2,1-4H3.